The highest BCUT2D eigenvalue weighted by molar-refractivity contribution is 5.51. The molecule has 0 aromatic heterocycles. The van der Waals surface area contributed by atoms with E-state index in [4.69, 9.17) is 0 Å². The molecule has 21 heavy (non-hydrogen) atoms. The molecule has 1 nitrogen and oxygen atoms in total. The molecule has 0 N–H and O–H groups in total. The van der Waals surface area contributed by atoms with Gasteiger partial charge in [-0.1, -0.05) is 41.5 Å². The molecule has 2 rings (SSSR count). The van der Waals surface area contributed by atoms with Crippen molar-refractivity contribution in [2.75, 3.05) is 14.1 Å². The third-order valence-corrected chi connectivity index (χ3v) is 5.17. The van der Waals surface area contributed by atoms with E-state index in [0.717, 1.165) is 6.42 Å². The average Bonchev–Trinajstić information content (AvgIpc) is 2.72. The summed E-state index contributed by atoms with van der Waals surface area (Å²) in [5, 5.41) is 0. The maximum absolute atomic E-state index is 2.43. The molecule has 1 heteroatoms. The van der Waals surface area contributed by atoms with Crippen molar-refractivity contribution in [3.63, 3.8) is 0 Å². The van der Waals surface area contributed by atoms with E-state index < -0.39 is 0 Å². The minimum Gasteiger partial charge on any atom is -0.307 e. The van der Waals surface area contributed by atoms with Crippen molar-refractivity contribution < 1.29 is 0 Å². The van der Waals surface area contributed by atoms with Gasteiger partial charge in [0, 0.05) is 12.0 Å². The van der Waals surface area contributed by atoms with Crippen molar-refractivity contribution in [1.82, 2.24) is 4.90 Å². The Morgan fingerprint density at radius 1 is 1.10 bits per heavy atom. The van der Waals surface area contributed by atoms with Crippen LogP contribution >= 0.6 is 0 Å². The van der Waals surface area contributed by atoms with E-state index in [9.17, 15) is 0 Å². The molecule has 1 aromatic carbocycles. The number of hydrogen-bond acceptors (Lipinski definition) is 1. The van der Waals surface area contributed by atoms with Gasteiger partial charge in [-0.05, 0) is 71.3 Å². The first-order chi connectivity index (χ1) is 9.91. The number of aryl methyl sites for hydroxylation is 1. The van der Waals surface area contributed by atoms with Crippen LogP contribution in [0.4, 0.5) is 0 Å². The second-order valence-corrected chi connectivity index (χ2v) is 6.69. The van der Waals surface area contributed by atoms with Gasteiger partial charge in [0.15, 0.2) is 0 Å². The molecule has 0 fully saturated rings. The fourth-order valence-corrected chi connectivity index (χ4v) is 3.06. The molecule has 0 bridgehead atoms. The van der Waals surface area contributed by atoms with Crippen LogP contribution in [0.25, 0.3) is 0 Å². The van der Waals surface area contributed by atoms with Crippen LogP contribution in [0.5, 0.6) is 0 Å². The molecule has 2 atom stereocenters. The van der Waals surface area contributed by atoms with Crippen LogP contribution in [0.3, 0.4) is 0 Å². The Morgan fingerprint density at radius 2 is 1.76 bits per heavy atom. The molecule has 0 saturated heterocycles. The number of rotatable bonds is 5. The zero-order chi connectivity index (χ0) is 15.6. The number of allylic oxidation sites excluding steroid dienone is 4. The van der Waals surface area contributed by atoms with E-state index in [2.05, 4.69) is 77.0 Å². The molecular formula is C20H29N. The highest BCUT2D eigenvalue weighted by atomic mass is 15.1. The maximum Gasteiger partial charge on any atom is 0.0239 e. The Bertz CT molecular complexity index is 563. The first-order valence-electron chi connectivity index (χ1n) is 8.02. The summed E-state index contributed by atoms with van der Waals surface area (Å²) in [6.45, 7) is 9.07. The summed E-state index contributed by atoms with van der Waals surface area (Å²) in [6, 6.07) is 9.60. The lowest BCUT2D eigenvalue weighted by molar-refractivity contribution is 0.299. The zero-order valence-electron chi connectivity index (χ0n) is 14.4. The second-order valence-electron chi connectivity index (χ2n) is 6.69. The van der Waals surface area contributed by atoms with Crippen molar-refractivity contribution >= 4 is 0 Å². The van der Waals surface area contributed by atoms with E-state index in [1.54, 1.807) is 0 Å². The monoisotopic (exact) mass is 283 g/mol. The Labute approximate surface area is 130 Å². The van der Waals surface area contributed by atoms with Gasteiger partial charge in [-0.25, -0.2) is 0 Å². The SMILES string of the molecule is CC1=CC(c2ccccc2CCC(C)N(C)C)C(C)=C1C. The Balaban J connectivity index is 2.23. The number of benzene rings is 1. The predicted octanol–water partition coefficient (Wildman–Crippen LogP) is 4.95. The summed E-state index contributed by atoms with van der Waals surface area (Å²) in [5.41, 5.74) is 7.43. The van der Waals surface area contributed by atoms with Gasteiger partial charge in [0.25, 0.3) is 0 Å². The van der Waals surface area contributed by atoms with E-state index in [1.807, 2.05) is 0 Å². The first-order valence-corrected chi connectivity index (χ1v) is 8.02. The van der Waals surface area contributed by atoms with E-state index in [-0.39, 0.29) is 0 Å². The molecule has 114 valence electrons. The van der Waals surface area contributed by atoms with Gasteiger partial charge < -0.3 is 4.90 Å². The summed E-state index contributed by atoms with van der Waals surface area (Å²) in [5.74, 6) is 0.482. The van der Waals surface area contributed by atoms with Crippen molar-refractivity contribution in [2.24, 2.45) is 0 Å². The maximum atomic E-state index is 2.43. The molecule has 0 aliphatic heterocycles. The molecule has 0 spiro atoms. The van der Waals surface area contributed by atoms with Gasteiger partial charge >= 0.3 is 0 Å². The molecule has 0 radical (unpaired) electrons. The topological polar surface area (TPSA) is 3.24 Å². The van der Waals surface area contributed by atoms with Crippen molar-refractivity contribution in [1.29, 1.82) is 0 Å². The van der Waals surface area contributed by atoms with Crippen LogP contribution in [-0.2, 0) is 6.42 Å². The fraction of sp³-hybridized carbons (Fsp3) is 0.500. The molecule has 1 aromatic rings. The lowest BCUT2D eigenvalue weighted by Gasteiger charge is -2.21. The van der Waals surface area contributed by atoms with Crippen LogP contribution in [-0.4, -0.2) is 25.0 Å². The molecular weight excluding hydrogens is 254 g/mol. The Hall–Kier alpha value is -1.34. The van der Waals surface area contributed by atoms with Crippen molar-refractivity contribution in [3.8, 4) is 0 Å². The highest BCUT2D eigenvalue weighted by Crippen LogP contribution is 2.38. The summed E-state index contributed by atoms with van der Waals surface area (Å²) in [6.07, 6.45) is 4.80. The molecule has 0 amide bonds. The largest absolute Gasteiger partial charge is 0.307 e. The highest BCUT2D eigenvalue weighted by Gasteiger charge is 2.22. The van der Waals surface area contributed by atoms with Crippen LogP contribution in [0.1, 0.15) is 51.2 Å². The van der Waals surface area contributed by atoms with Crippen LogP contribution in [0.15, 0.2) is 47.1 Å². The van der Waals surface area contributed by atoms with Gasteiger partial charge in [-0.15, -0.1) is 0 Å². The average molecular weight is 283 g/mol. The number of nitrogens with zero attached hydrogens (tertiary/aromatic N) is 1. The normalized spacial score (nSPS) is 20.1. The van der Waals surface area contributed by atoms with Crippen LogP contribution in [0.2, 0.25) is 0 Å². The van der Waals surface area contributed by atoms with Gasteiger partial charge in [0.2, 0.25) is 0 Å². The van der Waals surface area contributed by atoms with E-state index in [1.165, 1.54) is 34.3 Å². The van der Waals surface area contributed by atoms with Gasteiger partial charge in [0.05, 0.1) is 0 Å². The quantitative estimate of drug-likeness (QED) is 0.739. The van der Waals surface area contributed by atoms with Gasteiger partial charge in [-0.3, -0.25) is 0 Å². The van der Waals surface area contributed by atoms with Gasteiger partial charge in [-0.2, -0.15) is 0 Å². The lowest BCUT2D eigenvalue weighted by atomic mass is 9.88. The standard InChI is InChI=1S/C20H29N/c1-14-13-20(17(4)16(14)3)19-10-8-7-9-18(19)12-11-15(2)21(5)6/h7-10,13,15,20H,11-12H2,1-6H3. The van der Waals surface area contributed by atoms with E-state index in [0.29, 0.717) is 12.0 Å². The summed E-state index contributed by atoms with van der Waals surface area (Å²) < 4.78 is 0. The predicted molar refractivity (Wildman–Crippen MR) is 92.8 cm³/mol. The minimum absolute atomic E-state index is 0.482. The summed E-state index contributed by atoms with van der Waals surface area (Å²) in [7, 11) is 4.33. The fourth-order valence-electron chi connectivity index (χ4n) is 3.06. The molecule has 0 saturated carbocycles. The lowest BCUT2D eigenvalue weighted by Crippen LogP contribution is -2.25. The molecule has 1 aliphatic carbocycles. The smallest absolute Gasteiger partial charge is 0.0239 e. The molecule has 0 heterocycles. The molecule has 1 aliphatic rings. The summed E-state index contributed by atoms with van der Waals surface area (Å²) >= 11 is 0. The van der Waals surface area contributed by atoms with Crippen LogP contribution < -0.4 is 0 Å². The molecule has 2 unspecified atom stereocenters. The first kappa shape index (κ1) is 16.0. The third-order valence-electron chi connectivity index (χ3n) is 5.17. The minimum atomic E-state index is 0.482. The van der Waals surface area contributed by atoms with E-state index >= 15 is 0 Å². The Morgan fingerprint density at radius 3 is 2.33 bits per heavy atom. The van der Waals surface area contributed by atoms with Crippen molar-refractivity contribution in [2.45, 2.75) is 52.5 Å². The van der Waals surface area contributed by atoms with Gasteiger partial charge in [0.1, 0.15) is 0 Å². The number of hydrogen-bond donors (Lipinski definition) is 0. The van der Waals surface area contributed by atoms with Crippen LogP contribution in [0, 0.1) is 0 Å². The Kier molecular flexibility index (Phi) is 5.05. The third kappa shape index (κ3) is 3.47. The zero-order valence-corrected chi connectivity index (χ0v) is 14.4. The van der Waals surface area contributed by atoms with Crippen molar-refractivity contribution in [3.05, 3.63) is 58.2 Å². The second kappa shape index (κ2) is 6.62. The summed E-state index contributed by atoms with van der Waals surface area (Å²) in [4.78, 5) is 2.30.